The van der Waals surface area contributed by atoms with Crippen LogP contribution in [0.15, 0.2) is 6.07 Å². The van der Waals surface area contributed by atoms with E-state index in [-0.39, 0.29) is 5.60 Å². The first-order valence-corrected chi connectivity index (χ1v) is 6.75. The maximum absolute atomic E-state index is 5.78. The van der Waals surface area contributed by atoms with E-state index < -0.39 is 0 Å². The first-order chi connectivity index (χ1) is 9.06. The van der Waals surface area contributed by atoms with Gasteiger partial charge < -0.3 is 20.7 Å². The summed E-state index contributed by atoms with van der Waals surface area (Å²) in [4.78, 5) is 10.7. The summed E-state index contributed by atoms with van der Waals surface area (Å²) in [7, 11) is 1.77. The average molecular weight is 265 g/mol. The van der Waals surface area contributed by atoms with Crippen molar-refractivity contribution in [2.45, 2.75) is 32.3 Å². The molecule has 0 radical (unpaired) electrons. The van der Waals surface area contributed by atoms with Gasteiger partial charge in [0, 0.05) is 32.8 Å². The van der Waals surface area contributed by atoms with Crippen LogP contribution in [0.5, 0.6) is 0 Å². The molecule has 19 heavy (non-hydrogen) atoms. The Morgan fingerprint density at radius 3 is 3.00 bits per heavy atom. The quantitative estimate of drug-likeness (QED) is 0.859. The van der Waals surface area contributed by atoms with Crippen molar-refractivity contribution in [3.05, 3.63) is 6.07 Å². The average Bonchev–Trinajstić information content (AvgIpc) is 2.38. The second-order valence-electron chi connectivity index (χ2n) is 5.18. The van der Waals surface area contributed by atoms with Gasteiger partial charge in [-0.2, -0.15) is 9.97 Å². The van der Waals surface area contributed by atoms with Crippen LogP contribution in [0.1, 0.15) is 26.7 Å². The number of nitrogens with one attached hydrogen (secondary N) is 1. The van der Waals surface area contributed by atoms with E-state index >= 15 is 0 Å². The van der Waals surface area contributed by atoms with Gasteiger partial charge in [-0.3, -0.25) is 0 Å². The molecule has 2 rings (SSSR count). The molecule has 106 valence electrons. The lowest BCUT2D eigenvalue weighted by molar-refractivity contribution is -0.00481. The van der Waals surface area contributed by atoms with Crippen LogP contribution in [0.3, 0.4) is 0 Å². The van der Waals surface area contributed by atoms with Crippen LogP contribution in [-0.2, 0) is 4.74 Å². The van der Waals surface area contributed by atoms with Crippen molar-refractivity contribution in [3.63, 3.8) is 0 Å². The van der Waals surface area contributed by atoms with Gasteiger partial charge in [0.2, 0.25) is 5.95 Å². The Balaban J connectivity index is 2.21. The van der Waals surface area contributed by atoms with Crippen molar-refractivity contribution in [2.75, 3.05) is 42.7 Å². The van der Waals surface area contributed by atoms with Gasteiger partial charge >= 0.3 is 0 Å². The fraction of sp³-hybridized carbons (Fsp3) is 0.692. The van der Waals surface area contributed by atoms with E-state index in [0.717, 1.165) is 44.1 Å². The number of methoxy groups -OCH3 is 1. The van der Waals surface area contributed by atoms with Crippen molar-refractivity contribution >= 4 is 17.6 Å². The molecule has 2 heterocycles. The van der Waals surface area contributed by atoms with Gasteiger partial charge in [-0.25, -0.2) is 0 Å². The van der Waals surface area contributed by atoms with E-state index in [9.17, 15) is 0 Å². The molecule has 6 heteroatoms. The minimum atomic E-state index is -0.115. The van der Waals surface area contributed by atoms with E-state index in [0.29, 0.717) is 5.95 Å². The monoisotopic (exact) mass is 265 g/mol. The van der Waals surface area contributed by atoms with Crippen LogP contribution in [0.4, 0.5) is 17.6 Å². The highest BCUT2D eigenvalue weighted by atomic mass is 16.5. The van der Waals surface area contributed by atoms with E-state index in [1.807, 2.05) is 13.0 Å². The number of rotatable bonds is 4. The highest BCUT2D eigenvalue weighted by Gasteiger charge is 2.31. The zero-order chi connectivity index (χ0) is 13.9. The number of hydrogen-bond donors (Lipinski definition) is 2. The zero-order valence-electron chi connectivity index (χ0n) is 11.9. The molecule has 1 atom stereocenters. The lowest BCUT2D eigenvalue weighted by Gasteiger charge is -2.40. The molecule has 1 aromatic heterocycles. The molecule has 1 aliphatic heterocycles. The third-order valence-corrected chi connectivity index (χ3v) is 3.56. The molecule has 1 fully saturated rings. The molecule has 0 saturated carbocycles. The molecule has 0 aromatic carbocycles. The SMILES string of the molecule is CCNc1cc(N2CCCC(C)(OC)C2)nc(N)n1. The van der Waals surface area contributed by atoms with Crippen LogP contribution in [0.25, 0.3) is 0 Å². The van der Waals surface area contributed by atoms with Crippen LogP contribution >= 0.6 is 0 Å². The number of piperidine rings is 1. The van der Waals surface area contributed by atoms with E-state index in [4.69, 9.17) is 10.5 Å². The Morgan fingerprint density at radius 1 is 1.53 bits per heavy atom. The normalized spacial score (nSPS) is 23.4. The standard InChI is InChI=1S/C13H23N5O/c1-4-15-10-8-11(17-12(14)16-10)18-7-5-6-13(2,9-18)19-3/h8H,4-7,9H2,1-3H3,(H3,14,15,16,17). The lowest BCUT2D eigenvalue weighted by Crippen LogP contribution is -2.47. The van der Waals surface area contributed by atoms with Crippen molar-refractivity contribution in [3.8, 4) is 0 Å². The van der Waals surface area contributed by atoms with Crippen molar-refractivity contribution in [1.29, 1.82) is 0 Å². The van der Waals surface area contributed by atoms with Gasteiger partial charge in [0.1, 0.15) is 11.6 Å². The number of aromatic nitrogens is 2. The molecule has 0 spiro atoms. The van der Waals surface area contributed by atoms with Gasteiger partial charge in [-0.05, 0) is 26.7 Å². The minimum absolute atomic E-state index is 0.115. The van der Waals surface area contributed by atoms with Crippen molar-refractivity contribution in [2.24, 2.45) is 0 Å². The highest BCUT2D eigenvalue weighted by Crippen LogP contribution is 2.28. The second-order valence-corrected chi connectivity index (χ2v) is 5.18. The van der Waals surface area contributed by atoms with Crippen LogP contribution in [0, 0.1) is 0 Å². The summed E-state index contributed by atoms with van der Waals surface area (Å²) in [5.74, 6) is 1.94. The van der Waals surface area contributed by atoms with Crippen LogP contribution < -0.4 is 16.0 Å². The molecule has 0 bridgehead atoms. The van der Waals surface area contributed by atoms with Gasteiger partial charge in [0.15, 0.2) is 0 Å². The molecule has 1 aromatic rings. The van der Waals surface area contributed by atoms with Crippen molar-refractivity contribution < 1.29 is 4.74 Å². The molecule has 1 saturated heterocycles. The molecule has 1 unspecified atom stereocenters. The van der Waals surface area contributed by atoms with Gasteiger partial charge in [-0.15, -0.1) is 0 Å². The number of nitrogen functional groups attached to an aromatic ring is 1. The lowest BCUT2D eigenvalue weighted by atomic mass is 9.95. The number of nitrogens with zero attached hydrogens (tertiary/aromatic N) is 3. The topological polar surface area (TPSA) is 76.3 Å². The van der Waals surface area contributed by atoms with Gasteiger partial charge in [0.25, 0.3) is 0 Å². The van der Waals surface area contributed by atoms with Gasteiger partial charge in [-0.1, -0.05) is 0 Å². The molecular formula is C13H23N5O. The maximum Gasteiger partial charge on any atom is 0.223 e. The summed E-state index contributed by atoms with van der Waals surface area (Å²) < 4.78 is 5.61. The highest BCUT2D eigenvalue weighted by molar-refractivity contribution is 5.53. The molecule has 1 aliphatic rings. The number of anilines is 3. The Kier molecular flexibility index (Phi) is 4.09. The second kappa shape index (κ2) is 5.61. The largest absolute Gasteiger partial charge is 0.377 e. The third-order valence-electron chi connectivity index (χ3n) is 3.56. The van der Waals surface area contributed by atoms with Crippen molar-refractivity contribution in [1.82, 2.24) is 9.97 Å². The summed E-state index contributed by atoms with van der Waals surface area (Å²) in [6.07, 6.45) is 2.16. The van der Waals surface area contributed by atoms with E-state index in [2.05, 4.69) is 27.1 Å². The predicted octanol–water partition coefficient (Wildman–Crippen LogP) is 1.50. The summed E-state index contributed by atoms with van der Waals surface area (Å²) in [5.41, 5.74) is 5.66. The summed E-state index contributed by atoms with van der Waals surface area (Å²) >= 11 is 0. The predicted molar refractivity (Wildman–Crippen MR) is 77.5 cm³/mol. The maximum atomic E-state index is 5.78. The zero-order valence-corrected chi connectivity index (χ0v) is 11.9. The fourth-order valence-electron chi connectivity index (χ4n) is 2.45. The molecule has 0 aliphatic carbocycles. The third kappa shape index (κ3) is 3.26. The first kappa shape index (κ1) is 13.9. The molecule has 3 N–H and O–H groups in total. The summed E-state index contributed by atoms with van der Waals surface area (Å²) in [6, 6.07) is 1.95. The fourth-order valence-corrected chi connectivity index (χ4v) is 2.45. The smallest absolute Gasteiger partial charge is 0.223 e. The van der Waals surface area contributed by atoms with Gasteiger partial charge in [0.05, 0.1) is 5.60 Å². The summed E-state index contributed by atoms with van der Waals surface area (Å²) in [6.45, 7) is 6.77. The van der Waals surface area contributed by atoms with E-state index in [1.54, 1.807) is 7.11 Å². The Morgan fingerprint density at radius 2 is 2.32 bits per heavy atom. The van der Waals surface area contributed by atoms with Crippen LogP contribution in [0.2, 0.25) is 0 Å². The molecular weight excluding hydrogens is 242 g/mol. The first-order valence-electron chi connectivity index (χ1n) is 6.75. The number of hydrogen-bond acceptors (Lipinski definition) is 6. The summed E-state index contributed by atoms with van der Waals surface area (Å²) in [5, 5.41) is 3.17. The number of nitrogens with two attached hydrogens (primary N) is 1. The Labute approximate surface area is 114 Å². The van der Waals surface area contributed by atoms with E-state index in [1.165, 1.54) is 0 Å². The minimum Gasteiger partial charge on any atom is -0.377 e. The Bertz CT molecular complexity index is 439. The number of ether oxygens (including phenoxy) is 1. The molecule has 6 nitrogen and oxygen atoms in total. The Hall–Kier alpha value is -1.56. The van der Waals surface area contributed by atoms with Crippen LogP contribution in [-0.4, -0.2) is 42.3 Å². The molecule has 0 amide bonds.